The van der Waals surface area contributed by atoms with Crippen molar-refractivity contribution in [3.8, 4) is 6.07 Å². The van der Waals surface area contributed by atoms with Gasteiger partial charge in [0.15, 0.2) is 0 Å². The van der Waals surface area contributed by atoms with Crippen LogP contribution in [0.3, 0.4) is 0 Å². The molecule has 2 atom stereocenters. The molecule has 0 bridgehead atoms. The third kappa shape index (κ3) is 5.49. The maximum absolute atomic E-state index is 9.04. The first-order valence-corrected chi connectivity index (χ1v) is 6.59. The highest BCUT2D eigenvalue weighted by atomic mass is 16.3. The van der Waals surface area contributed by atoms with Crippen molar-refractivity contribution < 1.29 is 5.11 Å². The predicted molar refractivity (Wildman–Crippen MR) is 68.5 cm³/mol. The Morgan fingerprint density at radius 1 is 1.47 bits per heavy atom. The van der Waals surface area contributed by atoms with Crippen molar-refractivity contribution in [3.63, 3.8) is 0 Å². The average molecular weight is 239 g/mol. The fourth-order valence-corrected chi connectivity index (χ4v) is 2.47. The molecule has 4 heteroatoms. The van der Waals surface area contributed by atoms with E-state index in [9.17, 15) is 0 Å². The zero-order chi connectivity index (χ0) is 12.7. The molecule has 0 radical (unpaired) electrons. The number of aliphatic hydroxyl groups excluding tert-OH is 1. The Hall–Kier alpha value is -0.630. The van der Waals surface area contributed by atoms with Crippen LogP contribution < -0.4 is 5.32 Å². The standard InChI is InChI=1S/C13H25N3O/c1-11(2)8-15-13-7-12(3-6-17)9-16(10-13)5-4-14/h11-13,15,17H,3,5-10H2,1-2H3. The Balaban J connectivity index is 2.43. The molecule has 0 spiro atoms. The lowest BCUT2D eigenvalue weighted by Gasteiger charge is -2.37. The highest BCUT2D eigenvalue weighted by Crippen LogP contribution is 2.19. The molecule has 0 saturated carbocycles. The van der Waals surface area contributed by atoms with Crippen LogP contribution in [0.2, 0.25) is 0 Å². The molecule has 1 heterocycles. The van der Waals surface area contributed by atoms with E-state index in [1.54, 1.807) is 0 Å². The molecular formula is C13H25N3O. The molecule has 2 N–H and O–H groups in total. The van der Waals surface area contributed by atoms with Crippen LogP contribution in [0.4, 0.5) is 0 Å². The number of nitriles is 1. The summed E-state index contributed by atoms with van der Waals surface area (Å²) in [6, 6.07) is 2.69. The molecular weight excluding hydrogens is 214 g/mol. The number of hydrogen-bond donors (Lipinski definition) is 2. The Labute approximate surface area is 105 Å². The average Bonchev–Trinajstić information content (AvgIpc) is 2.27. The third-order valence-corrected chi connectivity index (χ3v) is 3.26. The van der Waals surface area contributed by atoms with Crippen LogP contribution in [0.5, 0.6) is 0 Å². The van der Waals surface area contributed by atoms with Gasteiger partial charge in [0.25, 0.3) is 0 Å². The summed E-state index contributed by atoms with van der Waals surface area (Å²) >= 11 is 0. The second kappa shape index (κ2) is 7.65. The van der Waals surface area contributed by atoms with E-state index in [0.29, 0.717) is 24.4 Å². The number of rotatable bonds is 6. The predicted octanol–water partition coefficient (Wildman–Crippen LogP) is 0.828. The highest BCUT2D eigenvalue weighted by molar-refractivity contribution is 4.87. The number of aliphatic hydroxyl groups is 1. The molecule has 1 aliphatic rings. The van der Waals surface area contributed by atoms with Gasteiger partial charge in [0.05, 0.1) is 12.6 Å². The Morgan fingerprint density at radius 3 is 2.82 bits per heavy atom. The summed E-state index contributed by atoms with van der Waals surface area (Å²) in [5, 5.41) is 21.4. The van der Waals surface area contributed by atoms with Gasteiger partial charge in [-0.05, 0) is 31.2 Å². The van der Waals surface area contributed by atoms with E-state index in [2.05, 4.69) is 30.1 Å². The summed E-state index contributed by atoms with van der Waals surface area (Å²) in [4.78, 5) is 2.20. The molecule has 1 rings (SSSR count). The quantitative estimate of drug-likeness (QED) is 0.674. The molecule has 4 nitrogen and oxygen atoms in total. The summed E-state index contributed by atoms with van der Waals surface area (Å²) < 4.78 is 0. The highest BCUT2D eigenvalue weighted by Gasteiger charge is 2.26. The van der Waals surface area contributed by atoms with Crippen molar-refractivity contribution in [1.82, 2.24) is 10.2 Å². The smallest absolute Gasteiger partial charge is 0.0866 e. The first-order chi connectivity index (χ1) is 8.15. The number of piperidine rings is 1. The number of nitrogens with one attached hydrogen (secondary N) is 1. The Morgan fingerprint density at radius 2 is 2.24 bits per heavy atom. The van der Waals surface area contributed by atoms with Crippen LogP contribution >= 0.6 is 0 Å². The van der Waals surface area contributed by atoms with Crippen LogP contribution in [-0.4, -0.2) is 48.8 Å². The van der Waals surface area contributed by atoms with Gasteiger partial charge in [-0.3, -0.25) is 4.90 Å². The van der Waals surface area contributed by atoms with Gasteiger partial charge in [-0.2, -0.15) is 5.26 Å². The minimum Gasteiger partial charge on any atom is -0.396 e. The van der Waals surface area contributed by atoms with Crippen molar-refractivity contribution in [2.75, 3.05) is 32.8 Å². The lowest BCUT2D eigenvalue weighted by atomic mass is 9.91. The van der Waals surface area contributed by atoms with E-state index < -0.39 is 0 Å². The zero-order valence-corrected chi connectivity index (χ0v) is 11.0. The molecule has 98 valence electrons. The van der Waals surface area contributed by atoms with Gasteiger partial charge in [-0.25, -0.2) is 0 Å². The fraction of sp³-hybridized carbons (Fsp3) is 0.923. The van der Waals surface area contributed by atoms with Crippen molar-refractivity contribution in [3.05, 3.63) is 0 Å². The van der Waals surface area contributed by atoms with Gasteiger partial charge >= 0.3 is 0 Å². The second-order valence-electron chi connectivity index (χ2n) is 5.47. The van der Waals surface area contributed by atoms with Crippen molar-refractivity contribution >= 4 is 0 Å². The van der Waals surface area contributed by atoms with E-state index in [-0.39, 0.29) is 6.61 Å². The largest absolute Gasteiger partial charge is 0.396 e. The number of nitrogens with zero attached hydrogens (tertiary/aromatic N) is 2. The molecule has 0 aromatic rings. The summed E-state index contributed by atoms with van der Waals surface area (Å²) in [5.74, 6) is 1.17. The maximum atomic E-state index is 9.04. The number of likely N-dealkylation sites (tertiary alicyclic amines) is 1. The monoisotopic (exact) mass is 239 g/mol. The van der Waals surface area contributed by atoms with E-state index in [1.165, 1.54) is 0 Å². The summed E-state index contributed by atoms with van der Waals surface area (Å²) in [5.41, 5.74) is 0. The Bertz CT molecular complexity index is 250. The molecule has 0 aromatic carbocycles. The van der Waals surface area contributed by atoms with Gasteiger partial charge in [0, 0.05) is 25.7 Å². The SMILES string of the molecule is CC(C)CNC1CC(CCO)CN(CC#N)C1. The lowest BCUT2D eigenvalue weighted by Crippen LogP contribution is -2.50. The van der Waals surface area contributed by atoms with E-state index in [1.807, 2.05) is 0 Å². The molecule has 0 amide bonds. The molecule has 1 fully saturated rings. The minimum absolute atomic E-state index is 0.252. The molecule has 17 heavy (non-hydrogen) atoms. The van der Waals surface area contributed by atoms with Crippen LogP contribution in [0.1, 0.15) is 26.7 Å². The molecule has 1 saturated heterocycles. The first-order valence-electron chi connectivity index (χ1n) is 6.59. The molecule has 0 aliphatic carbocycles. The van der Waals surface area contributed by atoms with E-state index >= 15 is 0 Å². The van der Waals surface area contributed by atoms with E-state index in [4.69, 9.17) is 10.4 Å². The maximum Gasteiger partial charge on any atom is 0.0866 e. The minimum atomic E-state index is 0.252. The summed E-state index contributed by atoms with van der Waals surface area (Å²) in [7, 11) is 0. The topological polar surface area (TPSA) is 59.3 Å². The van der Waals surface area contributed by atoms with Crippen molar-refractivity contribution in [2.24, 2.45) is 11.8 Å². The van der Waals surface area contributed by atoms with Crippen LogP contribution in [-0.2, 0) is 0 Å². The van der Waals surface area contributed by atoms with E-state index in [0.717, 1.165) is 32.5 Å². The second-order valence-corrected chi connectivity index (χ2v) is 5.47. The van der Waals surface area contributed by atoms with Crippen molar-refractivity contribution in [1.29, 1.82) is 5.26 Å². The third-order valence-electron chi connectivity index (χ3n) is 3.26. The van der Waals surface area contributed by atoms with Crippen molar-refractivity contribution in [2.45, 2.75) is 32.7 Å². The number of hydrogen-bond acceptors (Lipinski definition) is 4. The molecule has 0 aromatic heterocycles. The van der Waals surface area contributed by atoms with Gasteiger partial charge in [0.2, 0.25) is 0 Å². The summed E-state index contributed by atoms with van der Waals surface area (Å²) in [6.07, 6.45) is 1.97. The van der Waals surface area contributed by atoms with Gasteiger partial charge in [0.1, 0.15) is 0 Å². The van der Waals surface area contributed by atoms with Gasteiger partial charge < -0.3 is 10.4 Å². The fourth-order valence-electron chi connectivity index (χ4n) is 2.47. The Kier molecular flexibility index (Phi) is 6.49. The summed E-state index contributed by atoms with van der Waals surface area (Å²) in [6.45, 7) is 8.10. The van der Waals surface area contributed by atoms with Gasteiger partial charge in [-0.15, -0.1) is 0 Å². The molecule has 2 unspecified atom stereocenters. The van der Waals surface area contributed by atoms with Crippen LogP contribution in [0.25, 0.3) is 0 Å². The van der Waals surface area contributed by atoms with Gasteiger partial charge in [-0.1, -0.05) is 13.8 Å². The molecule has 1 aliphatic heterocycles. The van der Waals surface area contributed by atoms with Crippen LogP contribution in [0.15, 0.2) is 0 Å². The normalized spacial score (nSPS) is 26.1. The first kappa shape index (κ1) is 14.4. The zero-order valence-electron chi connectivity index (χ0n) is 11.0. The van der Waals surface area contributed by atoms with Crippen LogP contribution in [0, 0.1) is 23.2 Å². The lowest BCUT2D eigenvalue weighted by molar-refractivity contribution is 0.131.